The van der Waals surface area contributed by atoms with Gasteiger partial charge in [0.05, 0.1) is 5.60 Å². The highest BCUT2D eigenvalue weighted by Gasteiger charge is 2.35. The summed E-state index contributed by atoms with van der Waals surface area (Å²) in [6.07, 6.45) is 0.567. The third kappa shape index (κ3) is 2.03. The summed E-state index contributed by atoms with van der Waals surface area (Å²) in [5.74, 6) is 1.31. The molecule has 1 heterocycles. The fraction of sp³-hybridized carbons (Fsp3) is 0.400. The van der Waals surface area contributed by atoms with E-state index in [-0.39, 0.29) is 5.82 Å². The molecule has 1 nitrogen and oxygen atoms in total. The van der Waals surface area contributed by atoms with Gasteiger partial charge in [-0.2, -0.15) is 11.8 Å². The summed E-state index contributed by atoms with van der Waals surface area (Å²) in [5.41, 5.74) is 0.293. The summed E-state index contributed by atoms with van der Waals surface area (Å²) in [5, 5.41) is 9.81. The first-order valence-corrected chi connectivity index (χ1v) is 5.38. The Bertz CT molecular complexity index is 310. The lowest BCUT2D eigenvalue weighted by atomic mass is 9.97. The van der Waals surface area contributed by atoms with Crippen LogP contribution in [0.2, 0.25) is 0 Å². The molecule has 0 aromatic heterocycles. The first-order chi connectivity index (χ1) is 6.18. The minimum atomic E-state index is -0.585. The smallest absolute Gasteiger partial charge is 0.123 e. The molecule has 1 aromatic carbocycles. The summed E-state index contributed by atoms with van der Waals surface area (Å²) >= 11 is 1.72. The van der Waals surface area contributed by atoms with Gasteiger partial charge >= 0.3 is 0 Å². The molecule has 0 radical (unpaired) electrons. The molecule has 3 heteroatoms. The minimum Gasteiger partial charge on any atom is -0.388 e. The zero-order chi connectivity index (χ0) is 9.31. The maximum Gasteiger partial charge on any atom is 0.123 e. The molecule has 1 aliphatic heterocycles. The van der Waals surface area contributed by atoms with Crippen LogP contribution in [0.5, 0.6) is 0 Å². The summed E-state index contributed by atoms with van der Waals surface area (Å²) in [6.45, 7) is 0. The molecule has 70 valence electrons. The third-order valence-electron chi connectivity index (χ3n) is 2.16. The quantitative estimate of drug-likeness (QED) is 0.782. The van der Waals surface area contributed by atoms with Crippen molar-refractivity contribution in [1.82, 2.24) is 0 Å². The lowest BCUT2D eigenvalue weighted by Gasteiger charge is -2.35. The zero-order valence-electron chi connectivity index (χ0n) is 7.16. The first kappa shape index (κ1) is 9.03. The molecule has 0 spiro atoms. The predicted molar refractivity (Wildman–Crippen MR) is 52.4 cm³/mol. The van der Waals surface area contributed by atoms with Crippen LogP contribution in [0.25, 0.3) is 0 Å². The maximum atomic E-state index is 12.8. The zero-order valence-corrected chi connectivity index (χ0v) is 7.98. The molecule has 1 saturated heterocycles. The average molecular weight is 198 g/mol. The van der Waals surface area contributed by atoms with Crippen molar-refractivity contribution in [3.05, 3.63) is 35.6 Å². The van der Waals surface area contributed by atoms with E-state index >= 15 is 0 Å². The number of halogens is 1. The molecule has 13 heavy (non-hydrogen) atoms. The molecule has 0 atom stereocenters. The van der Waals surface area contributed by atoms with Crippen LogP contribution in [0.4, 0.5) is 4.39 Å². The highest BCUT2D eigenvalue weighted by molar-refractivity contribution is 8.00. The van der Waals surface area contributed by atoms with E-state index in [1.54, 1.807) is 17.8 Å². The van der Waals surface area contributed by atoms with Crippen LogP contribution in [-0.2, 0) is 6.42 Å². The number of benzene rings is 1. The molecule has 1 fully saturated rings. The van der Waals surface area contributed by atoms with Crippen LogP contribution in [0.3, 0.4) is 0 Å². The van der Waals surface area contributed by atoms with Crippen molar-refractivity contribution in [1.29, 1.82) is 0 Å². The molecule has 1 N–H and O–H groups in total. The van der Waals surface area contributed by atoms with Gasteiger partial charge in [0, 0.05) is 17.9 Å². The van der Waals surface area contributed by atoms with Gasteiger partial charge in [-0.3, -0.25) is 0 Å². The largest absolute Gasteiger partial charge is 0.388 e. The highest BCUT2D eigenvalue weighted by atomic mass is 32.2. The number of thioether (sulfide) groups is 1. The van der Waals surface area contributed by atoms with E-state index in [1.807, 2.05) is 6.07 Å². The van der Waals surface area contributed by atoms with Gasteiger partial charge in [-0.1, -0.05) is 12.1 Å². The van der Waals surface area contributed by atoms with Crippen LogP contribution >= 0.6 is 11.8 Å². The van der Waals surface area contributed by atoms with Crippen molar-refractivity contribution in [2.45, 2.75) is 12.0 Å². The third-order valence-corrected chi connectivity index (χ3v) is 3.65. The Morgan fingerprint density at radius 1 is 1.46 bits per heavy atom. The minimum absolute atomic E-state index is 0.229. The molecule has 1 aliphatic rings. The second-order valence-electron chi connectivity index (χ2n) is 3.52. The Labute approximate surface area is 81.0 Å². The molecule has 2 rings (SSSR count). The van der Waals surface area contributed by atoms with Crippen molar-refractivity contribution < 1.29 is 9.50 Å². The molecule has 1 aromatic rings. The second kappa shape index (κ2) is 3.31. The first-order valence-electron chi connectivity index (χ1n) is 4.23. The topological polar surface area (TPSA) is 20.2 Å². The Hall–Kier alpha value is -0.540. The van der Waals surface area contributed by atoms with Crippen molar-refractivity contribution in [2.24, 2.45) is 0 Å². The van der Waals surface area contributed by atoms with E-state index in [1.165, 1.54) is 12.1 Å². The predicted octanol–water partition coefficient (Wildman–Crippen LogP) is 1.85. The van der Waals surface area contributed by atoms with Crippen LogP contribution in [-0.4, -0.2) is 22.2 Å². The Kier molecular flexibility index (Phi) is 2.30. The van der Waals surface area contributed by atoms with Gasteiger partial charge in [-0.15, -0.1) is 0 Å². The maximum absolute atomic E-state index is 12.8. The average Bonchev–Trinajstić information content (AvgIpc) is 2.01. The molecule has 0 bridgehead atoms. The number of hydrogen-bond acceptors (Lipinski definition) is 2. The van der Waals surface area contributed by atoms with Gasteiger partial charge in [-0.25, -0.2) is 4.39 Å². The summed E-state index contributed by atoms with van der Waals surface area (Å²) in [4.78, 5) is 0. The van der Waals surface area contributed by atoms with Gasteiger partial charge in [0.25, 0.3) is 0 Å². The van der Waals surface area contributed by atoms with E-state index in [0.717, 1.165) is 17.1 Å². The van der Waals surface area contributed by atoms with Crippen molar-refractivity contribution in [3.8, 4) is 0 Å². The van der Waals surface area contributed by atoms with Crippen LogP contribution in [0, 0.1) is 5.82 Å². The fourth-order valence-electron chi connectivity index (χ4n) is 1.47. The van der Waals surface area contributed by atoms with Crippen LogP contribution in [0.1, 0.15) is 5.56 Å². The monoisotopic (exact) mass is 198 g/mol. The van der Waals surface area contributed by atoms with E-state index in [0.29, 0.717) is 6.42 Å². The van der Waals surface area contributed by atoms with Gasteiger partial charge in [-0.05, 0) is 17.7 Å². The van der Waals surface area contributed by atoms with E-state index in [4.69, 9.17) is 0 Å². The van der Waals surface area contributed by atoms with Gasteiger partial charge in [0.1, 0.15) is 5.82 Å². The summed E-state index contributed by atoms with van der Waals surface area (Å²) in [6, 6.07) is 6.44. The molecule has 0 unspecified atom stereocenters. The van der Waals surface area contributed by atoms with Crippen molar-refractivity contribution >= 4 is 11.8 Å². The van der Waals surface area contributed by atoms with Crippen LogP contribution in [0.15, 0.2) is 24.3 Å². The fourth-order valence-corrected chi connectivity index (χ4v) is 2.35. The number of rotatable bonds is 2. The molecular formula is C10H11FOS. The Balaban J connectivity index is 2.09. The van der Waals surface area contributed by atoms with Gasteiger partial charge < -0.3 is 5.11 Å². The highest BCUT2D eigenvalue weighted by Crippen LogP contribution is 2.32. The molecular weight excluding hydrogens is 187 g/mol. The second-order valence-corrected chi connectivity index (χ2v) is 4.51. The SMILES string of the molecule is OC1(Cc2cccc(F)c2)CSC1. The normalized spacial score (nSPS) is 19.5. The molecule has 0 amide bonds. The molecule has 0 saturated carbocycles. The van der Waals surface area contributed by atoms with E-state index in [2.05, 4.69) is 0 Å². The summed E-state index contributed by atoms with van der Waals surface area (Å²) < 4.78 is 12.8. The van der Waals surface area contributed by atoms with Gasteiger partial charge in [0.15, 0.2) is 0 Å². The lowest BCUT2D eigenvalue weighted by molar-refractivity contribution is 0.0792. The lowest BCUT2D eigenvalue weighted by Crippen LogP contribution is -2.45. The van der Waals surface area contributed by atoms with Crippen molar-refractivity contribution in [2.75, 3.05) is 11.5 Å². The van der Waals surface area contributed by atoms with Gasteiger partial charge in [0.2, 0.25) is 0 Å². The number of hydrogen-bond donors (Lipinski definition) is 1. The van der Waals surface area contributed by atoms with Crippen molar-refractivity contribution in [3.63, 3.8) is 0 Å². The Morgan fingerprint density at radius 2 is 2.23 bits per heavy atom. The summed E-state index contributed by atoms with van der Waals surface area (Å²) in [7, 11) is 0. The van der Waals surface area contributed by atoms with E-state index < -0.39 is 5.60 Å². The molecule has 0 aliphatic carbocycles. The standard InChI is InChI=1S/C10H11FOS/c11-9-3-1-2-8(4-9)5-10(12)6-13-7-10/h1-4,12H,5-7H2. The van der Waals surface area contributed by atoms with E-state index in [9.17, 15) is 9.50 Å². The van der Waals surface area contributed by atoms with Crippen LogP contribution < -0.4 is 0 Å². The number of aliphatic hydroxyl groups is 1. The Morgan fingerprint density at radius 3 is 2.77 bits per heavy atom.